The second-order valence-corrected chi connectivity index (χ2v) is 9.05. The standard InChI is InChI=1S/C26H33N5O2/c1-7-18-12-9-11-17(3)23(18)28-25(33)24(19-13-10-14-27-16-19)31(22(32)8-2)21-15-20(29-30-21)26(4,5)6/h8-16,24,32H,7H2,1-6H3,(H,28,33)(H,29,30)/b22-8+/t24-/m1/s1. The molecule has 0 radical (unpaired) electrons. The Kier molecular flexibility index (Phi) is 7.21. The van der Waals surface area contributed by atoms with E-state index >= 15 is 0 Å². The molecule has 1 aromatic carbocycles. The van der Waals surface area contributed by atoms with Crippen molar-refractivity contribution < 1.29 is 9.90 Å². The van der Waals surface area contributed by atoms with Gasteiger partial charge in [0.05, 0.1) is 0 Å². The van der Waals surface area contributed by atoms with Crippen LogP contribution >= 0.6 is 0 Å². The van der Waals surface area contributed by atoms with Gasteiger partial charge in [0.1, 0.15) is 6.04 Å². The number of hydrogen-bond acceptors (Lipinski definition) is 5. The highest BCUT2D eigenvalue weighted by Crippen LogP contribution is 2.33. The number of aliphatic hydroxyl groups excluding tert-OH is 1. The fraction of sp³-hybridized carbons (Fsp3) is 0.346. The monoisotopic (exact) mass is 447 g/mol. The van der Waals surface area contributed by atoms with Crippen LogP contribution in [0.15, 0.2) is 60.8 Å². The number of allylic oxidation sites excluding steroid dienone is 1. The second-order valence-electron chi connectivity index (χ2n) is 9.05. The fourth-order valence-corrected chi connectivity index (χ4v) is 3.69. The van der Waals surface area contributed by atoms with Gasteiger partial charge in [0, 0.05) is 40.8 Å². The number of para-hydroxylation sites is 1. The molecule has 0 spiro atoms. The molecule has 0 saturated heterocycles. The van der Waals surface area contributed by atoms with Crippen LogP contribution in [0.2, 0.25) is 0 Å². The summed E-state index contributed by atoms with van der Waals surface area (Å²) in [6, 6.07) is 10.5. The molecule has 0 saturated carbocycles. The van der Waals surface area contributed by atoms with E-state index < -0.39 is 6.04 Å². The number of rotatable bonds is 7. The van der Waals surface area contributed by atoms with Gasteiger partial charge in [-0.3, -0.25) is 19.8 Å². The summed E-state index contributed by atoms with van der Waals surface area (Å²) in [5.41, 5.74) is 4.16. The largest absolute Gasteiger partial charge is 0.495 e. The van der Waals surface area contributed by atoms with Crippen LogP contribution in [0.1, 0.15) is 63.0 Å². The Balaban J connectivity index is 2.12. The molecule has 0 aliphatic heterocycles. The van der Waals surface area contributed by atoms with E-state index in [0.29, 0.717) is 11.4 Å². The number of carbonyl (C=O) groups excluding carboxylic acids is 1. The average molecular weight is 448 g/mol. The number of aryl methyl sites for hydroxylation is 2. The summed E-state index contributed by atoms with van der Waals surface area (Å²) in [4.78, 5) is 19.6. The van der Waals surface area contributed by atoms with Crippen LogP contribution in [0, 0.1) is 6.92 Å². The van der Waals surface area contributed by atoms with Crippen molar-refractivity contribution in [3.8, 4) is 0 Å². The van der Waals surface area contributed by atoms with E-state index in [2.05, 4.69) is 48.2 Å². The molecule has 0 bridgehead atoms. The van der Waals surface area contributed by atoms with Gasteiger partial charge in [0.25, 0.3) is 5.91 Å². The number of anilines is 2. The summed E-state index contributed by atoms with van der Waals surface area (Å²) in [7, 11) is 0. The van der Waals surface area contributed by atoms with Crippen molar-refractivity contribution in [2.45, 2.75) is 59.4 Å². The van der Waals surface area contributed by atoms with E-state index in [1.165, 1.54) is 4.90 Å². The minimum atomic E-state index is -0.893. The summed E-state index contributed by atoms with van der Waals surface area (Å²) >= 11 is 0. The van der Waals surface area contributed by atoms with Gasteiger partial charge in [-0.15, -0.1) is 0 Å². The third-order valence-electron chi connectivity index (χ3n) is 5.62. The Bertz CT molecular complexity index is 1130. The van der Waals surface area contributed by atoms with Gasteiger partial charge in [-0.1, -0.05) is 52.0 Å². The van der Waals surface area contributed by atoms with E-state index in [1.807, 2.05) is 37.3 Å². The molecular weight excluding hydrogens is 414 g/mol. The first-order valence-electron chi connectivity index (χ1n) is 11.2. The van der Waals surface area contributed by atoms with Crippen molar-refractivity contribution >= 4 is 17.4 Å². The maximum absolute atomic E-state index is 13.8. The lowest BCUT2D eigenvalue weighted by Gasteiger charge is -2.30. The van der Waals surface area contributed by atoms with Crippen LogP contribution < -0.4 is 10.2 Å². The van der Waals surface area contributed by atoms with Gasteiger partial charge in [-0.05, 0) is 43.5 Å². The van der Waals surface area contributed by atoms with E-state index in [4.69, 9.17) is 0 Å². The van der Waals surface area contributed by atoms with Crippen molar-refractivity contribution in [1.29, 1.82) is 0 Å². The minimum Gasteiger partial charge on any atom is -0.495 e. The number of pyridine rings is 1. The quantitative estimate of drug-likeness (QED) is 0.411. The molecule has 174 valence electrons. The van der Waals surface area contributed by atoms with Crippen LogP contribution in [-0.4, -0.2) is 26.2 Å². The Morgan fingerprint density at radius 3 is 2.61 bits per heavy atom. The average Bonchev–Trinajstić information content (AvgIpc) is 3.29. The summed E-state index contributed by atoms with van der Waals surface area (Å²) in [5, 5.41) is 21.5. The van der Waals surface area contributed by atoms with E-state index in [1.54, 1.807) is 31.5 Å². The first-order valence-corrected chi connectivity index (χ1v) is 11.2. The lowest BCUT2D eigenvalue weighted by molar-refractivity contribution is -0.117. The Hall–Kier alpha value is -3.61. The first kappa shape index (κ1) is 24.0. The highest BCUT2D eigenvalue weighted by atomic mass is 16.3. The lowest BCUT2D eigenvalue weighted by atomic mass is 9.92. The van der Waals surface area contributed by atoms with Crippen LogP contribution in [0.4, 0.5) is 11.5 Å². The number of hydrogen-bond donors (Lipinski definition) is 3. The van der Waals surface area contributed by atoms with E-state index in [0.717, 1.165) is 28.9 Å². The van der Waals surface area contributed by atoms with Gasteiger partial charge in [0.15, 0.2) is 11.7 Å². The lowest BCUT2D eigenvalue weighted by Crippen LogP contribution is -2.37. The van der Waals surface area contributed by atoms with Crippen molar-refractivity contribution in [3.63, 3.8) is 0 Å². The van der Waals surface area contributed by atoms with Gasteiger partial charge in [-0.2, -0.15) is 5.10 Å². The van der Waals surface area contributed by atoms with Crippen molar-refractivity contribution in [3.05, 3.63) is 83.1 Å². The zero-order valence-electron chi connectivity index (χ0n) is 20.2. The molecule has 1 atom stereocenters. The van der Waals surface area contributed by atoms with Gasteiger partial charge < -0.3 is 10.4 Å². The summed E-state index contributed by atoms with van der Waals surface area (Å²) in [6.07, 6.45) is 5.62. The molecule has 7 nitrogen and oxygen atoms in total. The number of aromatic amines is 1. The maximum atomic E-state index is 13.8. The topological polar surface area (TPSA) is 94.1 Å². The van der Waals surface area contributed by atoms with E-state index in [-0.39, 0.29) is 17.2 Å². The SMILES string of the molecule is C/C=C(/O)N(c1cc(C(C)(C)C)[nH]n1)[C@@H](C(=O)Nc1c(C)cccc1CC)c1cccnc1. The minimum absolute atomic E-state index is 0.0774. The Labute approximate surface area is 195 Å². The van der Waals surface area contributed by atoms with E-state index in [9.17, 15) is 9.90 Å². The highest BCUT2D eigenvalue weighted by Gasteiger charge is 2.33. The predicted octanol–water partition coefficient (Wildman–Crippen LogP) is 5.58. The number of H-pyrrole nitrogens is 1. The van der Waals surface area contributed by atoms with Crippen molar-refractivity contribution in [1.82, 2.24) is 15.2 Å². The molecule has 33 heavy (non-hydrogen) atoms. The molecular formula is C26H33N5O2. The number of amides is 1. The predicted molar refractivity (Wildman–Crippen MR) is 132 cm³/mol. The van der Waals surface area contributed by atoms with Crippen LogP contribution in [-0.2, 0) is 16.6 Å². The number of aromatic nitrogens is 3. The fourth-order valence-electron chi connectivity index (χ4n) is 3.69. The number of carbonyl (C=O) groups is 1. The summed E-state index contributed by atoms with van der Waals surface area (Å²) in [5.74, 6) is 0.0761. The molecule has 3 aromatic rings. The number of aliphatic hydroxyl groups is 1. The molecule has 0 fully saturated rings. The summed E-state index contributed by atoms with van der Waals surface area (Å²) < 4.78 is 0. The van der Waals surface area contributed by atoms with Gasteiger partial charge in [0.2, 0.25) is 0 Å². The maximum Gasteiger partial charge on any atom is 0.252 e. The second kappa shape index (κ2) is 9.90. The summed E-state index contributed by atoms with van der Waals surface area (Å²) in [6.45, 7) is 11.9. The molecule has 0 aliphatic rings. The van der Waals surface area contributed by atoms with Crippen LogP contribution in [0.3, 0.4) is 0 Å². The molecule has 0 aliphatic carbocycles. The molecule has 3 rings (SSSR count). The third-order valence-corrected chi connectivity index (χ3v) is 5.62. The first-order chi connectivity index (χ1) is 15.7. The van der Waals surface area contributed by atoms with Gasteiger partial charge >= 0.3 is 0 Å². The molecule has 3 N–H and O–H groups in total. The number of nitrogens with zero attached hydrogens (tertiary/aromatic N) is 3. The number of nitrogens with one attached hydrogen (secondary N) is 2. The van der Waals surface area contributed by atoms with Crippen LogP contribution in [0.25, 0.3) is 0 Å². The molecule has 2 aromatic heterocycles. The Morgan fingerprint density at radius 1 is 1.27 bits per heavy atom. The molecule has 0 unspecified atom stereocenters. The molecule has 7 heteroatoms. The zero-order chi connectivity index (χ0) is 24.2. The third kappa shape index (κ3) is 5.25. The van der Waals surface area contributed by atoms with Crippen molar-refractivity contribution in [2.24, 2.45) is 0 Å². The normalized spacial score (nSPS) is 13.0. The van der Waals surface area contributed by atoms with Crippen LogP contribution in [0.5, 0.6) is 0 Å². The van der Waals surface area contributed by atoms with Gasteiger partial charge in [-0.25, -0.2) is 0 Å². The van der Waals surface area contributed by atoms with Crippen molar-refractivity contribution in [2.75, 3.05) is 10.2 Å². The Morgan fingerprint density at radius 2 is 2.03 bits per heavy atom. The molecule has 1 amide bonds. The highest BCUT2D eigenvalue weighted by molar-refractivity contribution is 5.99. The molecule has 2 heterocycles. The number of benzene rings is 1. The smallest absolute Gasteiger partial charge is 0.252 e. The zero-order valence-corrected chi connectivity index (χ0v) is 20.2.